The van der Waals surface area contributed by atoms with Crippen LogP contribution in [0.5, 0.6) is 5.75 Å². The van der Waals surface area contributed by atoms with Crippen molar-refractivity contribution in [1.29, 1.82) is 0 Å². The number of aldehydes is 1. The molecule has 0 radical (unpaired) electrons. The third-order valence-electron chi connectivity index (χ3n) is 1.93. The number of hydrogen-bond donors (Lipinski definition) is 1. The number of hydrogen-bond acceptors (Lipinski definition) is 3. The average Bonchev–Trinajstić information content (AvgIpc) is 2.30. The van der Waals surface area contributed by atoms with Gasteiger partial charge < -0.3 is 10.5 Å². The second-order valence-corrected chi connectivity index (χ2v) is 3.25. The highest BCUT2D eigenvalue weighted by Crippen LogP contribution is 2.17. The molecule has 0 spiro atoms. The first kappa shape index (κ1) is 12.8. The van der Waals surface area contributed by atoms with Crippen LogP contribution >= 0.6 is 0 Å². The summed E-state index contributed by atoms with van der Waals surface area (Å²) in [7, 11) is 0. The van der Waals surface area contributed by atoms with Crippen LogP contribution in [-0.4, -0.2) is 18.8 Å². The van der Waals surface area contributed by atoms with Crippen LogP contribution in [0.1, 0.15) is 29.3 Å². The SMILES string of the molecule is CCOc1ccc(C#CCC(N)=O)cc1C=O. The Kier molecular flexibility index (Phi) is 4.77. The van der Waals surface area contributed by atoms with Crippen LogP contribution in [0.25, 0.3) is 0 Å². The number of amides is 1. The van der Waals surface area contributed by atoms with Gasteiger partial charge in [-0.2, -0.15) is 0 Å². The Balaban J connectivity index is 2.91. The van der Waals surface area contributed by atoms with Crippen molar-refractivity contribution in [3.63, 3.8) is 0 Å². The first-order valence-corrected chi connectivity index (χ1v) is 5.16. The van der Waals surface area contributed by atoms with Gasteiger partial charge in [-0.15, -0.1) is 0 Å². The van der Waals surface area contributed by atoms with Gasteiger partial charge in [-0.1, -0.05) is 11.8 Å². The van der Waals surface area contributed by atoms with Gasteiger partial charge in [-0.25, -0.2) is 0 Å². The van der Waals surface area contributed by atoms with Crippen molar-refractivity contribution >= 4 is 12.2 Å². The van der Waals surface area contributed by atoms with Crippen molar-refractivity contribution in [3.8, 4) is 17.6 Å². The van der Waals surface area contributed by atoms with Crippen LogP contribution in [0.2, 0.25) is 0 Å². The molecule has 1 aromatic rings. The highest BCUT2D eigenvalue weighted by molar-refractivity contribution is 5.80. The van der Waals surface area contributed by atoms with E-state index in [1.807, 2.05) is 6.92 Å². The minimum absolute atomic E-state index is 0.00361. The van der Waals surface area contributed by atoms with Gasteiger partial charge in [0.2, 0.25) is 5.91 Å². The molecule has 88 valence electrons. The van der Waals surface area contributed by atoms with Crippen molar-refractivity contribution in [2.24, 2.45) is 5.73 Å². The Morgan fingerprint density at radius 1 is 1.53 bits per heavy atom. The Hall–Kier alpha value is -2.28. The van der Waals surface area contributed by atoms with E-state index in [9.17, 15) is 9.59 Å². The Bertz CT molecular complexity index is 483. The number of benzene rings is 1. The molecule has 0 aromatic heterocycles. The fourth-order valence-corrected chi connectivity index (χ4v) is 1.24. The molecule has 0 aliphatic heterocycles. The fourth-order valence-electron chi connectivity index (χ4n) is 1.24. The van der Waals surface area contributed by atoms with Gasteiger partial charge in [0.1, 0.15) is 5.75 Å². The van der Waals surface area contributed by atoms with Gasteiger partial charge >= 0.3 is 0 Å². The number of primary amides is 1. The summed E-state index contributed by atoms with van der Waals surface area (Å²) < 4.78 is 5.27. The molecule has 0 aliphatic carbocycles. The maximum Gasteiger partial charge on any atom is 0.229 e. The summed E-state index contributed by atoms with van der Waals surface area (Å²) in [5, 5.41) is 0. The quantitative estimate of drug-likeness (QED) is 0.623. The van der Waals surface area contributed by atoms with Crippen LogP contribution in [-0.2, 0) is 4.79 Å². The van der Waals surface area contributed by atoms with E-state index in [0.29, 0.717) is 29.8 Å². The lowest BCUT2D eigenvalue weighted by Gasteiger charge is -2.05. The third-order valence-corrected chi connectivity index (χ3v) is 1.93. The molecule has 4 heteroatoms. The molecule has 0 aliphatic rings. The predicted octanol–water partition coefficient (Wildman–Crippen LogP) is 1.12. The van der Waals surface area contributed by atoms with Gasteiger partial charge in [-0.05, 0) is 25.1 Å². The molecule has 0 fully saturated rings. The molecular formula is C13H13NO3. The number of carbonyl (C=O) groups excluding carboxylic acids is 2. The Morgan fingerprint density at radius 3 is 2.88 bits per heavy atom. The molecule has 0 saturated carbocycles. The third kappa shape index (κ3) is 3.99. The van der Waals surface area contributed by atoms with Gasteiger partial charge in [0, 0.05) is 5.56 Å². The zero-order chi connectivity index (χ0) is 12.7. The maximum atomic E-state index is 10.8. The highest BCUT2D eigenvalue weighted by Gasteiger charge is 2.02. The minimum Gasteiger partial charge on any atom is -0.493 e. The van der Waals surface area contributed by atoms with E-state index in [0.717, 1.165) is 0 Å². The standard InChI is InChI=1S/C13H13NO3/c1-2-17-12-7-6-10(8-11(12)9-15)4-3-5-13(14)16/h6-9H,2,5H2,1H3,(H2,14,16). The van der Waals surface area contributed by atoms with Crippen LogP contribution in [0, 0.1) is 11.8 Å². The average molecular weight is 231 g/mol. The fraction of sp³-hybridized carbons (Fsp3) is 0.231. The van der Waals surface area contributed by atoms with Crippen molar-refractivity contribution in [3.05, 3.63) is 29.3 Å². The summed E-state index contributed by atoms with van der Waals surface area (Å²) in [4.78, 5) is 21.3. The molecule has 0 unspecified atom stereocenters. The summed E-state index contributed by atoms with van der Waals surface area (Å²) >= 11 is 0. The smallest absolute Gasteiger partial charge is 0.229 e. The molecule has 4 nitrogen and oxygen atoms in total. The lowest BCUT2D eigenvalue weighted by Crippen LogP contribution is -2.08. The molecule has 0 saturated heterocycles. The summed E-state index contributed by atoms with van der Waals surface area (Å²) in [5.41, 5.74) is 6.05. The van der Waals surface area contributed by atoms with E-state index < -0.39 is 5.91 Å². The summed E-state index contributed by atoms with van der Waals surface area (Å²) in [6.45, 7) is 2.34. The number of rotatable bonds is 4. The second-order valence-electron chi connectivity index (χ2n) is 3.25. The van der Waals surface area contributed by atoms with Crippen LogP contribution in [0.15, 0.2) is 18.2 Å². The maximum absolute atomic E-state index is 10.8. The van der Waals surface area contributed by atoms with Crippen LogP contribution in [0.4, 0.5) is 0 Å². The Morgan fingerprint density at radius 2 is 2.29 bits per heavy atom. The van der Waals surface area contributed by atoms with E-state index in [2.05, 4.69) is 11.8 Å². The molecule has 0 heterocycles. The highest BCUT2D eigenvalue weighted by atomic mass is 16.5. The molecule has 17 heavy (non-hydrogen) atoms. The monoisotopic (exact) mass is 231 g/mol. The van der Waals surface area contributed by atoms with Gasteiger partial charge in [-0.3, -0.25) is 9.59 Å². The lowest BCUT2D eigenvalue weighted by molar-refractivity contribution is -0.117. The van der Waals surface area contributed by atoms with E-state index in [4.69, 9.17) is 10.5 Å². The normalized spacial score (nSPS) is 9.00. The van der Waals surface area contributed by atoms with Crippen molar-refractivity contribution in [2.75, 3.05) is 6.61 Å². The first-order valence-electron chi connectivity index (χ1n) is 5.16. The van der Waals surface area contributed by atoms with Crippen molar-refractivity contribution in [1.82, 2.24) is 0 Å². The minimum atomic E-state index is -0.473. The summed E-state index contributed by atoms with van der Waals surface area (Å²) in [6.07, 6.45) is 0.716. The van der Waals surface area contributed by atoms with E-state index in [1.165, 1.54) is 0 Å². The topological polar surface area (TPSA) is 69.4 Å². The van der Waals surface area contributed by atoms with E-state index in [1.54, 1.807) is 18.2 Å². The van der Waals surface area contributed by atoms with Crippen molar-refractivity contribution in [2.45, 2.75) is 13.3 Å². The number of nitrogens with two attached hydrogens (primary N) is 1. The zero-order valence-corrected chi connectivity index (χ0v) is 9.53. The van der Waals surface area contributed by atoms with Crippen molar-refractivity contribution < 1.29 is 14.3 Å². The molecule has 0 atom stereocenters. The van der Waals surface area contributed by atoms with Gasteiger partial charge in [0.05, 0.1) is 18.6 Å². The second kappa shape index (κ2) is 6.33. The zero-order valence-electron chi connectivity index (χ0n) is 9.53. The molecule has 0 bridgehead atoms. The van der Waals surface area contributed by atoms with Gasteiger partial charge in [0.15, 0.2) is 6.29 Å². The lowest BCUT2D eigenvalue weighted by atomic mass is 10.1. The molecular weight excluding hydrogens is 218 g/mol. The Labute approximate surface area is 99.8 Å². The summed E-state index contributed by atoms with van der Waals surface area (Å²) in [5.74, 6) is 5.43. The molecule has 1 amide bonds. The molecule has 1 rings (SSSR count). The summed E-state index contributed by atoms with van der Waals surface area (Å²) in [6, 6.07) is 5.03. The largest absolute Gasteiger partial charge is 0.493 e. The molecule has 2 N–H and O–H groups in total. The van der Waals surface area contributed by atoms with E-state index >= 15 is 0 Å². The van der Waals surface area contributed by atoms with Gasteiger partial charge in [0.25, 0.3) is 0 Å². The van der Waals surface area contributed by atoms with E-state index in [-0.39, 0.29) is 6.42 Å². The number of ether oxygens (including phenoxy) is 1. The number of carbonyl (C=O) groups is 2. The predicted molar refractivity (Wildman–Crippen MR) is 63.7 cm³/mol. The van der Waals surface area contributed by atoms with Crippen LogP contribution in [0.3, 0.4) is 0 Å². The van der Waals surface area contributed by atoms with Crippen LogP contribution < -0.4 is 10.5 Å². The first-order chi connectivity index (χ1) is 8.17. The molecule has 1 aromatic carbocycles.